The molecule has 0 aliphatic carbocycles. The Kier molecular flexibility index (Phi) is 6.90. The molecule has 3 rings (SSSR count). The van der Waals surface area contributed by atoms with E-state index in [0.717, 1.165) is 17.1 Å². The van der Waals surface area contributed by atoms with E-state index >= 15 is 0 Å². The number of rotatable bonds is 3. The second-order valence-corrected chi connectivity index (χ2v) is 5.82. The molecule has 8 heteroatoms. The first-order valence-electron chi connectivity index (χ1n) is 7.46. The summed E-state index contributed by atoms with van der Waals surface area (Å²) >= 11 is 5.36. The quantitative estimate of drug-likeness (QED) is 0.391. The molecule has 3 aromatic rings. The van der Waals surface area contributed by atoms with Gasteiger partial charge in [-0.1, -0.05) is 23.2 Å². The Bertz CT molecular complexity index is 1070. The molecule has 1 aromatic carbocycles. The van der Waals surface area contributed by atoms with Gasteiger partial charge in [0.15, 0.2) is 5.65 Å². The number of nitriles is 2. The number of nitrogens with one attached hydrogen (secondary N) is 1. The zero-order valence-electron chi connectivity index (χ0n) is 14.6. The Balaban J connectivity index is 0.00000243. The number of fused-ring (bicyclic) bond motifs is 1. The second-order valence-electron chi connectivity index (χ2n) is 5.42. The van der Waals surface area contributed by atoms with E-state index in [-0.39, 0.29) is 73.2 Å². The Labute approximate surface area is 199 Å². The minimum atomic E-state index is 0. The van der Waals surface area contributed by atoms with Gasteiger partial charge in [0.1, 0.15) is 23.4 Å². The fourth-order valence-corrected chi connectivity index (χ4v) is 2.79. The molecule has 0 radical (unpaired) electrons. The first kappa shape index (κ1) is 20.5. The van der Waals surface area contributed by atoms with Crippen LogP contribution in [0, 0.1) is 36.5 Å². The van der Waals surface area contributed by atoms with Crippen LogP contribution in [-0.2, 0) is 12.6 Å². The smallest absolute Gasteiger partial charge is 0.761 e. The Hall–Kier alpha value is -1.78. The summed E-state index contributed by atoms with van der Waals surface area (Å²) in [6, 6.07) is 15.3. The van der Waals surface area contributed by atoms with Gasteiger partial charge in [-0.05, 0) is 32.0 Å². The average Bonchev–Trinajstić information content (AvgIpc) is 2.95. The van der Waals surface area contributed by atoms with Gasteiger partial charge in [-0.2, -0.15) is 15.6 Å². The second kappa shape index (κ2) is 8.74. The van der Waals surface area contributed by atoms with E-state index < -0.39 is 0 Å². The van der Waals surface area contributed by atoms with Crippen molar-refractivity contribution >= 4 is 29.5 Å². The molecule has 0 amide bonds. The van der Waals surface area contributed by atoms with Crippen molar-refractivity contribution in [3.63, 3.8) is 0 Å². The molecule has 0 saturated heterocycles. The van der Waals surface area contributed by atoms with Crippen LogP contribution in [0.15, 0.2) is 41.4 Å². The van der Waals surface area contributed by atoms with Crippen molar-refractivity contribution in [2.24, 2.45) is 0 Å². The summed E-state index contributed by atoms with van der Waals surface area (Å²) in [5.74, 6) is 0. The fourth-order valence-electron chi connectivity index (χ4n) is 2.53. The maximum atomic E-state index is 9.60. The number of para-hydroxylation sites is 1. The maximum absolute atomic E-state index is 9.60. The van der Waals surface area contributed by atoms with Gasteiger partial charge in [0.2, 0.25) is 0 Å². The fraction of sp³-hybridized carbons (Fsp3) is 0.111. The molecule has 26 heavy (non-hydrogen) atoms. The molecule has 0 aliphatic rings. The number of aromatic nitrogens is 3. The molecule has 0 atom stereocenters. The standard InChI is InChI=1S/C18H14N6S.K/c1-11-8-12(2)24-17(21-11)14(9-19)16(23-24)15(10-20)18(25)22-13-6-4-3-5-7-13;/h3-8,22,25H,1-2H3;/q;+1/p-1/b18-15-;. The number of aryl methyl sites for hydroxylation is 2. The molecule has 122 valence electrons. The normalized spacial score (nSPS) is 11.1. The monoisotopic (exact) mass is 384 g/mol. The van der Waals surface area contributed by atoms with Crippen LogP contribution in [0.5, 0.6) is 0 Å². The van der Waals surface area contributed by atoms with Crippen LogP contribution in [0.25, 0.3) is 11.2 Å². The Morgan fingerprint density at radius 1 is 1.19 bits per heavy atom. The first-order chi connectivity index (χ1) is 12.0. The molecule has 0 spiro atoms. The van der Waals surface area contributed by atoms with Crippen LogP contribution in [0.4, 0.5) is 5.69 Å². The van der Waals surface area contributed by atoms with Crippen molar-refractivity contribution < 1.29 is 51.4 Å². The summed E-state index contributed by atoms with van der Waals surface area (Å²) < 4.78 is 1.56. The van der Waals surface area contributed by atoms with Gasteiger partial charge in [0, 0.05) is 17.1 Å². The SMILES string of the molecule is Cc1cc(C)n2nc(/C(C#N)=C(\[S-])Nc3ccccc3)c(C#N)c2n1.[K+]. The summed E-state index contributed by atoms with van der Waals surface area (Å²) in [4.78, 5) is 4.38. The number of benzene rings is 1. The summed E-state index contributed by atoms with van der Waals surface area (Å²) in [6.45, 7) is 3.71. The molecule has 0 unspecified atom stereocenters. The number of anilines is 1. The number of allylic oxidation sites excluding steroid dienone is 1. The van der Waals surface area contributed by atoms with Crippen LogP contribution in [0.2, 0.25) is 0 Å². The topological polar surface area (TPSA) is 89.8 Å². The third-order valence-corrected chi connectivity index (χ3v) is 3.92. The predicted molar refractivity (Wildman–Crippen MR) is 97.1 cm³/mol. The largest absolute Gasteiger partial charge is 1.00 e. The Morgan fingerprint density at radius 3 is 2.50 bits per heavy atom. The molecule has 2 heterocycles. The van der Waals surface area contributed by atoms with Crippen molar-refractivity contribution in [3.05, 3.63) is 64.1 Å². The van der Waals surface area contributed by atoms with Crippen molar-refractivity contribution in [3.8, 4) is 12.1 Å². The molecule has 0 aliphatic heterocycles. The third-order valence-electron chi connectivity index (χ3n) is 3.61. The van der Waals surface area contributed by atoms with E-state index in [1.54, 1.807) is 4.52 Å². The molecule has 2 aromatic heterocycles. The molecule has 6 nitrogen and oxygen atoms in total. The van der Waals surface area contributed by atoms with Crippen LogP contribution < -0.4 is 56.7 Å². The van der Waals surface area contributed by atoms with Crippen LogP contribution in [0.3, 0.4) is 0 Å². The van der Waals surface area contributed by atoms with Gasteiger partial charge >= 0.3 is 51.4 Å². The van der Waals surface area contributed by atoms with Gasteiger partial charge in [-0.25, -0.2) is 9.50 Å². The minimum absolute atomic E-state index is 0. The van der Waals surface area contributed by atoms with Gasteiger partial charge in [-0.3, -0.25) is 0 Å². The van der Waals surface area contributed by atoms with E-state index in [1.807, 2.05) is 50.2 Å². The number of hydrogen-bond donors (Lipinski definition) is 1. The average molecular weight is 385 g/mol. The van der Waals surface area contributed by atoms with E-state index in [1.165, 1.54) is 0 Å². The number of hydrogen-bond acceptors (Lipinski definition) is 6. The zero-order valence-corrected chi connectivity index (χ0v) is 18.5. The molecular formula is C18H13KN6S. The van der Waals surface area contributed by atoms with Gasteiger partial charge in [-0.15, -0.1) is 0 Å². The number of nitrogens with zero attached hydrogens (tertiary/aromatic N) is 5. The molecule has 1 N–H and O–H groups in total. The summed E-state index contributed by atoms with van der Waals surface area (Å²) in [6.07, 6.45) is 0. The van der Waals surface area contributed by atoms with Crippen LogP contribution >= 0.6 is 0 Å². The molecule has 0 bridgehead atoms. The van der Waals surface area contributed by atoms with E-state index in [4.69, 9.17) is 12.6 Å². The molecular weight excluding hydrogens is 371 g/mol. The first-order valence-corrected chi connectivity index (χ1v) is 7.87. The van der Waals surface area contributed by atoms with E-state index in [9.17, 15) is 10.5 Å². The summed E-state index contributed by atoms with van der Waals surface area (Å²) in [5.41, 5.74) is 3.39. The van der Waals surface area contributed by atoms with Crippen LogP contribution in [0.1, 0.15) is 22.6 Å². The van der Waals surface area contributed by atoms with Crippen LogP contribution in [-0.4, -0.2) is 14.6 Å². The third kappa shape index (κ3) is 3.97. The predicted octanol–water partition coefficient (Wildman–Crippen LogP) is 0.0730. The Morgan fingerprint density at radius 2 is 1.88 bits per heavy atom. The van der Waals surface area contributed by atoms with Crippen molar-refractivity contribution in [1.82, 2.24) is 14.6 Å². The molecule has 0 saturated carbocycles. The van der Waals surface area contributed by atoms with E-state index in [2.05, 4.69) is 27.5 Å². The maximum Gasteiger partial charge on any atom is 1.00 e. The minimum Gasteiger partial charge on any atom is -0.761 e. The van der Waals surface area contributed by atoms with Crippen molar-refractivity contribution in [1.29, 1.82) is 10.5 Å². The van der Waals surface area contributed by atoms with Gasteiger partial charge in [0.25, 0.3) is 0 Å². The van der Waals surface area contributed by atoms with E-state index in [0.29, 0.717) is 5.65 Å². The molecule has 0 fully saturated rings. The van der Waals surface area contributed by atoms with Crippen molar-refractivity contribution in [2.75, 3.05) is 5.32 Å². The zero-order chi connectivity index (χ0) is 18.0. The summed E-state index contributed by atoms with van der Waals surface area (Å²) in [7, 11) is 0. The van der Waals surface area contributed by atoms with Gasteiger partial charge < -0.3 is 17.9 Å². The van der Waals surface area contributed by atoms with Crippen molar-refractivity contribution in [2.45, 2.75) is 13.8 Å². The summed E-state index contributed by atoms with van der Waals surface area (Å²) in [5, 5.41) is 26.8. The van der Waals surface area contributed by atoms with Gasteiger partial charge in [0.05, 0.1) is 5.57 Å².